The zero-order valence-electron chi connectivity index (χ0n) is 19.4. The van der Waals surface area contributed by atoms with Gasteiger partial charge in [0.2, 0.25) is 11.1 Å². The summed E-state index contributed by atoms with van der Waals surface area (Å²) in [5.74, 6) is 0.173. The van der Waals surface area contributed by atoms with Gasteiger partial charge in [-0.1, -0.05) is 31.1 Å². The van der Waals surface area contributed by atoms with Crippen LogP contribution in [0.2, 0.25) is 0 Å². The molecule has 1 fully saturated rings. The van der Waals surface area contributed by atoms with E-state index in [1.807, 2.05) is 24.3 Å². The van der Waals surface area contributed by atoms with Gasteiger partial charge in [-0.2, -0.15) is 5.10 Å². The number of carbonyl (C=O) groups is 1. The van der Waals surface area contributed by atoms with E-state index in [2.05, 4.69) is 31.0 Å². The summed E-state index contributed by atoms with van der Waals surface area (Å²) in [6.07, 6.45) is 11.0. The largest absolute Gasteiger partial charge is 0.490 e. The lowest BCUT2D eigenvalue weighted by molar-refractivity contribution is 0.0513. The summed E-state index contributed by atoms with van der Waals surface area (Å²) in [5.41, 5.74) is 1.21. The number of aromatic nitrogens is 2. The van der Waals surface area contributed by atoms with Gasteiger partial charge in [-0.15, -0.1) is 0 Å². The Morgan fingerprint density at radius 3 is 2.82 bits per heavy atom. The van der Waals surface area contributed by atoms with Crippen molar-refractivity contribution in [2.75, 3.05) is 19.8 Å². The maximum absolute atomic E-state index is 12.4. The highest BCUT2D eigenvalue weighted by atomic mass is 31.0. The molecular formula is C25H32N3O4P. The summed E-state index contributed by atoms with van der Waals surface area (Å²) >= 11 is 0. The average molecular weight is 470 g/mol. The molecule has 1 aliphatic carbocycles. The van der Waals surface area contributed by atoms with Gasteiger partial charge in [0.15, 0.2) is 0 Å². The Hall–Kier alpha value is -2.79. The first-order valence-corrected chi connectivity index (χ1v) is 11.9. The normalized spacial score (nSPS) is 15.0. The number of hydrogen-bond donors (Lipinski definition) is 0. The van der Waals surface area contributed by atoms with E-state index in [1.54, 1.807) is 24.7 Å². The molecule has 1 heterocycles. The van der Waals surface area contributed by atoms with Crippen LogP contribution in [0.15, 0.2) is 52.2 Å². The van der Waals surface area contributed by atoms with Gasteiger partial charge < -0.3 is 9.47 Å². The van der Waals surface area contributed by atoms with Crippen molar-refractivity contribution in [2.24, 2.45) is 10.2 Å². The standard InChI is InChI=1S/C25H32N3O4P/c1-3-31-24(30)22-23(29)19(2)17-28(27-22)18-25(11-4-5-12-25)16-20-9-8-10-21(15-20)32-14-7-6-13-26-33/h6-10,15,17,33H,3-5,11-14,16,18H2,1-2H3/b7-6+. The molecule has 0 amide bonds. The highest BCUT2D eigenvalue weighted by molar-refractivity contribution is 7.03. The molecule has 0 N–H and O–H groups in total. The number of rotatable bonds is 11. The Bertz CT molecular complexity index is 1060. The minimum atomic E-state index is -0.663. The minimum Gasteiger partial charge on any atom is -0.490 e. The number of nitrogens with zero attached hydrogens (tertiary/aromatic N) is 3. The number of esters is 1. The summed E-state index contributed by atoms with van der Waals surface area (Å²) in [7, 11) is 3.09. The molecule has 1 aromatic carbocycles. The molecule has 1 saturated carbocycles. The molecule has 8 heteroatoms. The average Bonchev–Trinajstić information content (AvgIpc) is 3.24. The van der Waals surface area contributed by atoms with Crippen LogP contribution in [0, 0.1) is 12.3 Å². The summed E-state index contributed by atoms with van der Waals surface area (Å²) in [6.45, 7) is 5.38. The molecule has 0 radical (unpaired) electrons. The Morgan fingerprint density at radius 2 is 2.09 bits per heavy atom. The predicted octanol–water partition coefficient (Wildman–Crippen LogP) is 4.79. The molecule has 7 nitrogen and oxygen atoms in total. The first-order chi connectivity index (χ1) is 16.0. The van der Waals surface area contributed by atoms with Crippen LogP contribution in [-0.2, 0) is 17.7 Å². The predicted molar refractivity (Wildman–Crippen MR) is 130 cm³/mol. The maximum atomic E-state index is 12.4. The summed E-state index contributed by atoms with van der Waals surface area (Å²) in [4.78, 5) is 24.7. The summed E-state index contributed by atoms with van der Waals surface area (Å²) in [6, 6.07) is 8.20. The molecular weight excluding hydrogens is 437 g/mol. The molecule has 0 aliphatic heterocycles. The van der Waals surface area contributed by atoms with Crippen LogP contribution >= 0.6 is 9.03 Å². The van der Waals surface area contributed by atoms with Crippen molar-refractivity contribution in [3.63, 3.8) is 0 Å². The van der Waals surface area contributed by atoms with Crippen LogP contribution in [-0.4, -0.2) is 35.5 Å². The summed E-state index contributed by atoms with van der Waals surface area (Å²) in [5, 5.41) is 4.37. The topological polar surface area (TPSA) is 82.8 Å². The van der Waals surface area contributed by atoms with Crippen LogP contribution in [0.3, 0.4) is 0 Å². The van der Waals surface area contributed by atoms with E-state index in [0.717, 1.165) is 37.9 Å². The second kappa shape index (κ2) is 11.9. The third kappa shape index (κ3) is 6.84. The SMILES string of the molecule is CCOC(=O)c1nn(CC2(Cc3cccc(OC/C=C/CN=P)c3)CCCC2)cc(C)c1=O. The number of aryl methyl sites for hydroxylation is 1. The molecule has 3 rings (SSSR count). The van der Waals surface area contributed by atoms with Crippen LogP contribution < -0.4 is 10.2 Å². The Kier molecular flexibility index (Phi) is 8.95. The van der Waals surface area contributed by atoms with E-state index < -0.39 is 5.97 Å². The van der Waals surface area contributed by atoms with Crippen molar-refractivity contribution < 1.29 is 14.3 Å². The fourth-order valence-corrected chi connectivity index (χ4v) is 4.57. The molecule has 2 aromatic rings. The van der Waals surface area contributed by atoms with Crippen LogP contribution in [0.1, 0.15) is 54.2 Å². The van der Waals surface area contributed by atoms with Crippen molar-refractivity contribution in [1.82, 2.24) is 9.78 Å². The molecule has 0 unspecified atom stereocenters. The van der Waals surface area contributed by atoms with Crippen molar-refractivity contribution in [2.45, 2.75) is 52.5 Å². The van der Waals surface area contributed by atoms with Crippen LogP contribution in [0.5, 0.6) is 5.75 Å². The molecule has 0 bridgehead atoms. The van der Waals surface area contributed by atoms with Gasteiger partial charge in [0.1, 0.15) is 12.4 Å². The zero-order valence-corrected chi connectivity index (χ0v) is 20.4. The molecule has 0 saturated heterocycles. The van der Waals surface area contributed by atoms with Gasteiger partial charge in [0.05, 0.1) is 13.2 Å². The Labute approximate surface area is 197 Å². The third-order valence-electron chi connectivity index (χ3n) is 5.96. The van der Waals surface area contributed by atoms with Gasteiger partial charge in [0.25, 0.3) is 0 Å². The lowest BCUT2D eigenvalue weighted by Crippen LogP contribution is -2.31. The number of ether oxygens (including phenoxy) is 2. The Balaban J connectivity index is 1.78. The van der Waals surface area contributed by atoms with E-state index in [-0.39, 0.29) is 23.1 Å². The van der Waals surface area contributed by atoms with E-state index >= 15 is 0 Å². The van der Waals surface area contributed by atoms with Crippen LogP contribution in [0.25, 0.3) is 0 Å². The van der Waals surface area contributed by atoms with E-state index in [0.29, 0.717) is 25.3 Å². The van der Waals surface area contributed by atoms with Crippen LogP contribution in [0.4, 0.5) is 0 Å². The first kappa shape index (κ1) is 24.8. The zero-order chi connectivity index (χ0) is 23.7. The number of benzene rings is 1. The second-order valence-electron chi connectivity index (χ2n) is 8.56. The molecule has 0 spiro atoms. The first-order valence-electron chi connectivity index (χ1n) is 11.4. The lowest BCUT2D eigenvalue weighted by atomic mass is 9.80. The van der Waals surface area contributed by atoms with Gasteiger partial charge in [-0.3, -0.25) is 14.2 Å². The van der Waals surface area contributed by atoms with Gasteiger partial charge in [-0.05, 0) is 71.3 Å². The van der Waals surface area contributed by atoms with Gasteiger partial charge >= 0.3 is 5.97 Å². The van der Waals surface area contributed by atoms with Gasteiger partial charge in [-0.25, -0.2) is 4.79 Å². The number of hydrogen-bond acceptors (Lipinski definition) is 6. The van der Waals surface area contributed by atoms with Crippen molar-refractivity contribution in [3.05, 3.63) is 69.7 Å². The molecule has 0 atom stereocenters. The fraction of sp³-hybridized carbons (Fsp3) is 0.480. The second-order valence-corrected chi connectivity index (χ2v) is 8.88. The molecule has 1 aliphatic rings. The maximum Gasteiger partial charge on any atom is 0.362 e. The molecule has 176 valence electrons. The monoisotopic (exact) mass is 469 g/mol. The third-order valence-corrected chi connectivity index (χ3v) is 6.14. The molecule has 33 heavy (non-hydrogen) atoms. The molecule has 1 aromatic heterocycles. The number of carbonyl (C=O) groups excluding carboxylic acids is 1. The van der Waals surface area contributed by atoms with Crippen molar-refractivity contribution >= 4 is 15.0 Å². The smallest absolute Gasteiger partial charge is 0.362 e. The highest BCUT2D eigenvalue weighted by Gasteiger charge is 2.35. The van der Waals surface area contributed by atoms with Crippen molar-refractivity contribution in [3.8, 4) is 5.75 Å². The van der Waals surface area contributed by atoms with Crippen molar-refractivity contribution in [1.29, 1.82) is 0 Å². The minimum absolute atomic E-state index is 0.0101. The quantitative estimate of drug-likeness (QED) is 0.268. The lowest BCUT2D eigenvalue weighted by Gasteiger charge is -2.30. The fourth-order valence-electron chi connectivity index (χ4n) is 4.46. The van der Waals surface area contributed by atoms with E-state index in [1.165, 1.54) is 5.56 Å². The Morgan fingerprint density at radius 1 is 1.30 bits per heavy atom. The van der Waals surface area contributed by atoms with Gasteiger partial charge in [0, 0.05) is 18.3 Å². The summed E-state index contributed by atoms with van der Waals surface area (Å²) < 4.78 is 16.5. The highest BCUT2D eigenvalue weighted by Crippen LogP contribution is 2.42. The van der Waals surface area contributed by atoms with E-state index in [4.69, 9.17) is 9.47 Å². The van der Waals surface area contributed by atoms with E-state index in [9.17, 15) is 9.59 Å².